The highest BCUT2D eigenvalue weighted by Gasteiger charge is 2.38. The Labute approximate surface area is 226 Å². The summed E-state index contributed by atoms with van der Waals surface area (Å²) in [6.45, 7) is -1.72. The maximum absolute atomic E-state index is 14.4. The van der Waals surface area contributed by atoms with E-state index in [1.807, 2.05) is 4.72 Å². The van der Waals surface area contributed by atoms with Crippen molar-refractivity contribution in [1.29, 1.82) is 0 Å². The van der Waals surface area contributed by atoms with E-state index in [2.05, 4.69) is 25.3 Å². The normalized spacial score (nSPS) is 11.7. The lowest BCUT2D eigenvalue weighted by Gasteiger charge is -2.16. The number of rotatable bonds is 8. The number of hydrogen-bond acceptors (Lipinski definition) is 8. The first-order chi connectivity index (χ1) is 18.4. The molecule has 0 saturated carbocycles. The third-order valence-electron chi connectivity index (χ3n) is 4.27. The molecule has 0 amide bonds. The van der Waals surface area contributed by atoms with Gasteiger partial charge in [0.05, 0.1) is 5.69 Å². The lowest BCUT2D eigenvalue weighted by atomic mass is 10.2. The summed E-state index contributed by atoms with van der Waals surface area (Å²) < 4.78 is 115. The lowest BCUT2D eigenvalue weighted by Crippen LogP contribution is -2.21. The van der Waals surface area contributed by atoms with Gasteiger partial charge in [0.15, 0.2) is 6.61 Å². The maximum Gasteiger partial charge on any atom is 0.490 e. The second-order valence-corrected chi connectivity index (χ2v) is 9.53. The van der Waals surface area contributed by atoms with Crippen molar-refractivity contribution in [2.24, 2.45) is 0 Å². The summed E-state index contributed by atoms with van der Waals surface area (Å²) in [4.78, 5) is 16.1. The first-order valence-electron chi connectivity index (χ1n) is 10.3. The Bertz CT molecular complexity index is 1440. The molecule has 0 aliphatic heterocycles. The third kappa shape index (κ3) is 10.0. The summed E-state index contributed by atoms with van der Waals surface area (Å²) in [6.07, 6.45) is -8.63. The standard InChI is InChI=1S/C19H16ClF4N5O3S.C2HF3O2/c1-25-33(30,31)16-7-14(15(6-13(16)21)32-9-19(22,23)24)29-18-8-17(26-10-27-18)28-12-4-2-11(20)3-5-12;3-2(4,5)1(6)7/h2-8,10,25H,9H2,1H3,(H2,26,27,28,29);(H,6,7). The number of halogens is 8. The van der Waals surface area contributed by atoms with E-state index < -0.39 is 51.4 Å². The van der Waals surface area contributed by atoms with Crippen LogP contribution in [0.2, 0.25) is 5.02 Å². The summed E-state index contributed by atoms with van der Waals surface area (Å²) in [5.74, 6) is -4.24. The highest BCUT2D eigenvalue weighted by molar-refractivity contribution is 7.89. The maximum atomic E-state index is 14.4. The molecule has 218 valence electrons. The fourth-order valence-corrected chi connectivity index (χ4v) is 3.48. The Balaban J connectivity index is 0.000000708. The number of anilines is 4. The van der Waals surface area contributed by atoms with E-state index in [1.54, 1.807) is 24.3 Å². The Kier molecular flexibility index (Phi) is 10.5. The van der Waals surface area contributed by atoms with Crippen molar-refractivity contribution in [3.05, 3.63) is 59.6 Å². The molecule has 0 radical (unpaired) electrons. The molecular formula is C21H17ClF7N5O5S. The molecule has 0 aliphatic rings. The predicted octanol–water partition coefficient (Wildman–Crippen LogP) is 5.24. The van der Waals surface area contributed by atoms with Crippen LogP contribution in [0.4, 0.5) is 53.7 Å². The molecule has 0 fully saturated rings. The van der Waals surface area contributed by atoms with Gasteiger partial charge in [0.1, 0.15) is 34.4 Å². The molecule has 3 rings (SSSR count). The van der Waals surface area contributed by atoms with Crippen LogP contribution < -0.4 is 20.1 Å². The number of aliphatic carboxylic acids is 1. The van der Waals surface area contributed by atoms with Crippen LogP contribution in [0.3, 0.4) is 0 Å². The van der Waals surface area contributed by atoms with E-state index in [9.17, 15) is 39.2 Å². The first-order valence-corrected chi connectivity index (χ1v) is 12.2. The minimum atomic E-state index is -5.08. The van der Waals surface area contributed by atoms with E-state index in [-0.39, 0.29) is 11.5 Å². The topological polar surface area (TPSA) is 143 Å². The number of carboxylic acid groups (broad SMARTS) is 1. The van der Waals surface area contributed by atoms with Crippen LogP contribution in [0.1, 0.15) is 0 Å². The molecule has 10 nitrogen and oxygen atoms in total. The van der Waals surface area contributed by atoms with Crippen molar-refractivity contribution < 1.29 is 53.8 Å². The molecule has 0 spiro atoms. The Morgan fingerprint density at radius 1 is 1.00 bits per heavy atom. The molecule has 0 saturated heterocycles. The summed E-state index contributed by atoms with van der Waals surface area (Å²) in [5.41, 5.74) is 0.382. The lowest BCUT2D eigenvalue weighted by molar-refractivity contribution is -0.192. The summed E-state index contributed by atoms with van der Waals surface area (Å²) in [6, 6.07) is 9.43. The van der Waals surface area contributed by atoms with Gasteiger partial charge in [-0.05, 0) is 37.4 Å². The van der Waals surface area contributed by atoms with Crippen LogP contribution in [0.25, 0.3) is 0 Å². The number of aromatic nitrogens is 2. The quantitative estimate of drug-likeness (QED) is 0.249. The molecule has 1 aromatic heterocycles. The monoisotopic (exact) mass is 619 g/mol. The second-order valence-electron chi connectivity index (χ2n) is 7.24. The molecule has 19 heteroatoms. The fourth-order valence-electron chi connectivity index (χ4n) is 2.54. The highest BCUT2D eigenvalue weighted by atomic mass is 35.5. The molecule has 4 N–H and O–H groups in total. The van der Waals surface area contributed by atoms with E-state index in [1.165, 1.54) is 6.07 Å². The van der Waals surface area contributed by atoms with Gasteiger partial charge in [0.2, 0.25) is 10.0 Å². The largest absolute Gasteiger partial charge is 0.490 e. The Hall–Kier alpha value is -3.90. The molecule has 2 aromatic carbocycles. The Morgan fingerprint density at radius 2 is 1.55 bits per heavy atom. The van der Waals surface area contributed by atoms with Crippen LogP contribution in [0.5, 0.6) is 5.75 Å². The summed E-state index contributed by atoms with van der Waals surface area (Å²) in [5, 5.41) is 13.3. The zero-order valence-electron chi connectivity index (χ0n) is 19.7. The average Bonchev–Trinajstić information content (AvgIpc) is 2.85. The van der Waals surface area contributed by atoms with Crippen molar-refractivity contribution in [3.63, 3.8) is 0 Å². The van der Waals surface area contributed by atoms with Gasteiger partial charge in [-0.1, -0.05) is 11.6 Å². The zero-order valence-corrected chi connectivity index (χ0v) is 21.3. The molecule has 40 heavy (non-hydrogen) atoms. The predicted molar refractivity (Wildman–Crippen MR) is 128 cm³/mol. The van der Waals surface area contributed by atoms with Gasteiger partial charge >= 0.3 is 18.3 Å². The van der Waals surface area contributed by atoms with Gasteiger partial charge in [0, 0.05) is 22.8 Å². The van der Waals surface area contributed by atoms with Crippen LogP contribution in [0, 0.1) is 5.82 Å². The molecule has 1 heterocycles. The van der Waals surface area contributed by atoms with Gasteiger partial charge in [-0.3, -0.25) is 0 Å². The number of sulfonamides is 1. The number of carbonyl (C=O) groups is 1. The number of ether oxygens (including phenoxy) is 1. The van der Waals surface area contributed by atoms with E-state index >= 15 is 0 Å². The minimum absolute atomic E-state index is 0.0673. The van der Waals surface area contributed by atoms with Crippen molar-refractivity contribution >= 4 is 50.6 Å². The number of nitrogens with one attached hydrogen (secondary N) is 3. The highest BCUT2D eigenvalue weighted by Crippen LogP contribution is 2.34. The van der Waals surface area contributed by atoms with Crippen LogP contribution >= 0.6 is 11.6 Å². The number of benzene rings is 2. The molecule has 3 aromatic rings. The van der Waals surface area contributed by atoms with E-state index in [4.69, 9.17) is 21.5 Å². The molecule has 0 aliphatic carbocycles. The van der Waals surface area contributed by atoms with E-state index in [0.717, 1.165) is 19.4 Å². The first kappa shape index (κ1) is 32.3. The zero-order chi connectivity index (χ0) is 30.3. The van der Waals surface area contributed by atoms with Gasteiger partial charge in [-0.2, -0.15) is 26.3 Å². The van der Waals surface area contributed by atoms with Gasteiger partial charge < -0.3 is 20.5 Å². The minimum Gasteiger partial charge on any atom is -0.482 e. The van der Waals surface area contributed by atoms with Gasteiger partial charge in [0.25, 0.3) is 0 Å². The van der Waals surface area contributed by atoms with Crippen molar-refractivity contribution in [2.45, 2.75) is 17.2 Å². The fraction of sp³-hybridized carbons (Fsp3) is 0.190. The third-order valence-corrected chi connectivity index (χ3v) is 5.95. The van der Waals surface area contributed by atoms with E-state index in [0.29, 0.717) is 22.6 Å². The smallest absolute Gasteiger partial charge is 0.482 e. The number of alkyl halides is 6. The molecule has 0 atom stereocenters. The summed E-state index contributed by atoms with van der Waals surface area (Å²) in [7, 11) is -3.19. The number of hydrogen-bond donors (Lipinski definition) is 4. The van der Waals surface area contributed by atoms with Gasteiger partial charge in [-0.15, -0.1) is 0 Å². The SMILES string of the molecule is CNS(=O)(=O)c1cc(Nc2cc(Nc3ccc(Cl)cc3)ncn2)c(OCC(F)(F)F)cc1F.O=C(O)C(F)(F)F. The van der Waals surface area contributed by atoms with Crippen LogP contribution in [-0.2, 0) is 14.8 Å². The van der Waals surface area contributed by atoms with Crippen molar-refractivity contribution in [1.82, 2.24) is 14.7 Å². The molecular weight excluding hydrogens is 603 g/mol. The molecule has 0 bridgehead atoms. The van der Waals surface area contributed by atoms with Crippen LogP contribution in [-0.4, -0.2) is 55.5 Å². The van der Waals surface area contributed by atoms with Crippen LogP contribution in [0.15, 0.2) is 53.7 Å². The van der Waals surface area contributed by atoms with Crippen molar-refractivity contribution in [2.75, 3.05) is 24.3 Å². The number of nitrogens with zero attached hydrogens (tertiary/aromatic N) is 2. The van der Waals surface area contributed by atoms with Gasteiger partial charge in [-0.25, -0.2) is 32.3 Å². The Morgan fingerprint density at radius 3 is 2.05 bits per heavy atom. The average molecular weight is 620 g/mol. The number of carboxylic acids is 1. The summed E-state index contributed by atoms with van der Waals surface area (Å²) >= 11 is 5.85. The second kappa shape index (κ2) is 13.0. The van der Waals surface area contributed by atoms with Crippen molar-refractivity contribution in [3.8, 4) is 5.75 Å². The molecule has 0 unspecified atom stereocenters.